The van der Waals surface area contributed by atoms with E-state index in [4.69, 9.17) is 11.6 Å². The van der Waals surface area contributed by atoms with Gasteiger partial charge >= 0.3 is 17.4 Å². The van der Waals surface area contributed by atoms with E-state index < -0.39 is 16.4 Å². The molecule has 3 aromatic rings. The number of nitro benzene ring substituents is 1. The Bertz CT molecular complexity index is 1490. The Morgan fingerprint density at radius 2 is 1.88 bits per heavy atom. The van der Waals surface area contributed by atoms with Gasteiger partial charge < -0.3 is 10.2 Å². The highest BCUT2D eigenvalue weighted by Crippen LogP contribution is 2.45. The Morgan fingerprint density at radius 3 is 2.56 bits per heavy atom. The van der Waals surface area contributed by atoms with Gasteiger partial charge in [-0.2, -0.15) is 0 Å². The average Bonchev–Trinajstić information content (AvgIpc) is 3.07. The molecule has 1 atom stereocenters. The number of aliphatic hydroxyl groups excluding tert-OH is 1. The van der Waals surface area contributed by atoms with Crippen molar-refractivity contribution in [3.63, 3.8) is 0 Å². The SMILES string of the molecule is Cn1c(O)[n+](C)c2c(c1=O)C(c1cc([N+](=O)[O-])ccc1Cl)C1=C(O)c3ccccc3C1=[NH+]2. The second-order valence-electron chi connectivity index (χ2n) is 7.69. The minimum Gasteiger partial charge on any atom is -0.507 e. The van der Waals surface area contributed by atoms with Gasteiger partial charge in [0.2, 0.25) is 0 Å². The van der Waals surface area contributed by atoms with Crippen molar-refractivity contribution in [1.82, 2.24) is 4.57 Å². The quantitative estimate of drug-likeness (QED) is 0.305. The zero-order chi connectivity index (χ0) is 22.9. The zero-order valence-corrected chi connectivity index (χ0v) is 17.7. The van der Waals surface area contributed by atoms with Crippen LogP contribution in [0.1, 0.15) is 28.2 Å². The number of hydrogen-bond acceptors (Lipinski definition) is 5. The summed E-state index contributed by atoms with van der Waals surface area (Å²) in [5.41, 5.74) is 2.00. The van der Waals surface area contributed by atoms with Crippen LogP contribution >= 0.6 is 11.6 Å². The van der Waals surface area contributed by atoms with Crippen LogP contribution in [0, 0.1) is 10.1 Å². The minimum atomic E-state index is -0.911. The van der Waals surface area contributed by atoms with Crippen LogP contribution in [0.2, 0.25) is 5.02 Å². The highest BCUT2D eigenvalue weighted by molar-refractivity contribution is 6.32. The molecule has 32 heavy (non-hydrogen) atoms. The molecule has 5 rings (SSSR count). The standard InChI is InChI=1S/C22H15ClN4O5/c1-25-20-17(21(29)26(2)22(25)30)15(13-9-10(27(31)32)7-8-14(13)23)16-18(24-20)11-5-3-4-6-12(11)19(16)28/h3-9,15H,1-2H3,(H,24,28,29)/p+2. The molecule has 1 unspecified atom stereocenters. The summed E-state index contributed by atoms with van der Waals surface area (Å²) in [6, 6.07) is 10.9. The Balaban J connectivity index is 1.95. The number of hydrogen-bond donors (Lipinski definition) is 3. The number of benzene rings is 2. The molecule has 9 nitrogen and oxygen atoms in total. The van der Waals surface area contributed by atoms with Crippen LogP contribution in [-0.4, -0.2) is 25.4 Å². The number of nitrogens with one attached hydrogen (secondary N) is 1. The molecule has 2 aliphatic rings. The van der Waals surface area contributed by atoms with Crippen molar-refractivity contribution in [1.29, 1.82) is 0 Å². The van der Waals surface area contributed by atoms with Crippen LogP contribution in [0.25, 0.3) is 5.76 Å². The fraction of sp³-hybridized carbons (Fsp3) is 0.136. The van der Waals surface area contributed by atoms with Gasteiger partial charge in [-0.05, 0) is 17.7 Å². The third kappa shape index (κ3) is 2.54. The van der Waals surface area contributed by atoms with E-state index in [1.54, 1.807) is 19.2 Å². The van der Waals surface area contributed by atoms with E-state index >= 15 is 0 Å². The number of rotatable bonds is 2. The first-order valence-electron chi connectivity index (χ1n) is 9.65. The van der Waals surface area contributed by atoms with Crippen LogP contribution in [0.5, 0.6) is 6.01 Å². The van der Waals surface area contributed by atoms with Gasteiger partial charge in [0, 0.05) is 28.3 Å². The first-order valence-corrected chi connectivity index (χ1v) is 10.0. The molecule has 160 valence electrons. The van der Waals surface area contributed by atoms with Crippen LogP contribution in [0.3, 0.4) is 0 Å². The molecule has 2 aromatic carbocycles. The predicted molar refractivity (Wildman–Crippen MR) is 115 cm³/mol. The molecule has 3 N–H and O–H groups in total. The molecule has 0 radical (unpaired) electrons. The highest BCUT2D eigenvalue weighted by Gasteiger charge is 2.48. The second kappa shape index (κ2) is 6.76. The first kappa shape index (κ1) is 20.0. The molecular weight excluding hydrogens is 436 g/mol. The van der Waals surface area contributed by atoms with Gasteiger partial charge in [0.15, 0.2) is 11.3 Å². The van der Waals surface area contributed by atoms with E-state index in [2.05, 4.69) is 4.99 Å². The number of halogens is 1. The van der Waals surface area contributed by atoms with E-state index in [0.717, 1.165) is 4.57 Å². The van der Waals surface area contributed by atoms with Gasteiger partial charge in [0.25, 0.3) is 5.69 Å². The molecule has 0 fully saturated rings. The van der Waals surface area contributed by atoms with Crippen LogP contribution < -0.4 is 15.1 Å². The van der Waals surface area contributed by atoms with E-state index in [-0.39, 0.29) is 28.0 Å². The number of nitro groups is 1. The number of fused-ring (bicyclic) bond motifs is 4. The molecule has 1 aromatic heterocycles. The van der Waals surface area contributed by atoms with Gasteiger partial charge in [-0.1, -0.05) is 29.8 Å². The molecule has 0 amide bonds. The van der Waals surface area contributed by atoms with E-state index in [1.165, 1.54) is 29.8 Å². The molecule has 0 saturated heterocycles. The fourth-order valence-electron chi connectivity index (χ4n) is 4.46. The maximum Gasteiger partial charge on any atom is 0.519 e. The monoisotopic (exact) mass is 452 g/mol. The Kier molecular flexibility index (Phi) is 4.22. The lowest BCUT2D eigenvalue weighted by Gasteiger charge is -2.22. The Morgan fingerprint density at radius 1 is 1.19 bits per heavy atom. The van der Waals surface area contributed by atoms with Gasteiger partial charge in [-0.3, -0.25) is 10.1 Å². The van der Waals surface area contributed by atoms with Crippen molar-refractivity contribution in [2.75, 3.05) is 0 Å². The van der Waals surface area contributed by atoms with Crippen molar-refractivity contribution in [3.8, 4) is 6.01 Å². The van der Waals surface area contributed by atoms with Crippen LogP contribution in [0.4, 0.5) is 11.5 Å². The molecule has 2 heterocycles. The summed E-state index contributed by atoms with van der Waals surface area (Å²) in [7, 11) is 3.00. The van der Waals surface area contributed by atoms with Crippen LogP contribution in [-0.2, 0) is 14.1 Å². The normalized spacial score (nSPS) is 16.3. The van der Waals surface area contributed by atoms with Gasteiger partial charge in [-0.15, -0.1) is 9.13 Å². The third-order valence-electron chi connectivity index (χ3n) is 6.02. The Hall–Kier alpha value is -3.98. The Labute approximate surface area is 185 Å². The molecule has 1 aliphatic heterocycles. The summed E-state index contributed by atoms with van der Waals surface area (Å²) in [6.07, 6.45) is 0. The third-order valence-corrected chi connectivity index (χ3v) is 6.37. The lowest BCUT2D eigenvalue weighted by molar-refractivity contribution is -0.723. The van der Waals surface area contributed by atoms with Gasteiger partial charge in [-0.25, -0.2) is 9.79 Å². The van der Waals surface area contributed by atoms with Crippen molar-refractivity contribution in [3.05, 3.63) is 95.8 Å². The lowest BCUT2D eigenvalue weighted by atomic mass is 9.81. The lowest BCUT2D eigenvalue weighted by Crippen LogP contribution is -2.75. The summed E-state index contributed by atoms with van der Waals surface area (Å²) in [5.74, 6) is -0.646. The second-order valence-corrected chi connectivity index (χ2v) is 8.10. The molecule has 0 saturated carbocycles. The summed E-state index contributed by atoms with van der Waals surface area (Å²) >= 11 is 6.49. The van der Waals surface area contributed by atoms with E-state index in [9.17, 15) is 25.1 Å². The summed E-state index contributed by atoms with van der Waals surface area (Å²) in [5, 5.41) is 33.3. The highest BCUT2D eigenvalue weighted by atomic mass is 35.5. The summed E-state index contributed by atoms with van der Waals surface area (Å²) in [6.45, 7) is 0. The van der Waals surface area contributed by atoms with Crippen molar-refractivity contribution >= 4 is 34.6 Å². The predicted octanol–water partition coefficient (Wildman–Crippen LogP) is 1.11. The zero-order valence-electron chi connectivity index (χ0n) is 17.0. The van der Waals surface area contributed by atoms with E-state index in [0.29, 0.717) is 33.8 Å². The summed E-state index contributed by atoms with van der Waals surface area (Å²) in [4.78, 5) is 27.4. The first-order chi connectivity index (χ1) is 15.2. The summed E-state index contributed by atoms with van der Waals surface area (Å²) < 4.78 is 2.49. The van der Waals surface area contributed by atoms with Gasteiger partial charge in [0.05, 0.1) is 16.4 Å². The molecule has 10 heteroatoms. The van der Waals surface area contributed by atoms with Crippen LogP contribution in [0.15, 0.2) is 52.8 Å². The molecule has 1 aliphatic carbocycles. The topological polar surface area (TPSA) is 123 Å². The van der Waals surface area contributed by atoms with Crippen molar-refractivity contribution < 1.29 is 24.7 Å². The van der Waals surface area contributed by atoms with Crippen molar-refractivity contribution in [2.24, 2.45) is 14.1 Å². The van der Waals surface area contributed by atoms with Crippen molar-refractivity contribution in [2.45, 2.75) is 5.92 Å². The maximum absolute atomic E-state index is 13.3. The molecule has 0 bridgehead atoms. The largest absolute Gasteiger partial charge is 0.519 e. The number of aromatic hydroxyl groups is 1. The number of allylic oxidation sites excluding steroid dienone is 1. The molecule has 0 spiro atoms. The maximum atomic E-state index is 13.3. The smallest absolute Gasteiger partial charge is 0.507 e. The number of aliphatic hydroxyl groups is 1. The molecular formula is C22H17ClN4O5+2. The van der Waals surface area contributed by atoms with Gasteiger partial charge in [0.1, 0.15) is 19.9 Å². The average molecular weight is 453 g/mol. The van der Waals surface area contributed by atoms with E-state index in [1.807, 2.05) is 12.1 Å². The fourth-order valence-corrected chi connectivity index (χ4v) is 4.69. The number of non-ortho nitro benzene ring substituents is 1. The minimum absolute atomic E-state index is 0.0425. The number of aromatic nitrogens is 2. The number of nitrogens with zero attached hydrogens (tertiary/aromatic N) is 3.